The quantitative estimate of drug-likeness (QED) is 0.190. The number of ether oxygens (including phenoxy) is 4. The van der Waals surface area contributed by atoms with Crippen molar-refractivity contribution in [2.24, 2.45) is 80.8 Å². The molecule has 53 heavy (non-hydrogen) atoms. The van der Waals surface area contributed by atoms with Crippen LogP contribution in [0.25, 0.3) is 0 Å². The van der Waals surface area contributed by atoms with Crippen molar-refractivity contribution in [3.8, 4) is 0 Å². The monoisotopic (exact) mass is 743 g/mol. The van der Waals surface area contributed by atoms with Crippen molar-refractivity contribution in [2.45, 2.75) is 204 Å². The topological polar surface area (TPSA) is 77.4 Å². The van der Waals surface area contributed by atoms with Crippen molar-refractivity contribution in [1.29, 1.82) is 0 Å². The van der Waals surface area contributed by atoms with Gasteiger partial charge in [0.2, 0.25) is 0 Å². The Morgan fingerprint density at radius 1 is 0.736 bits per heavy atom. The van der Waals surface area contributed by atoms with Gasteiger partial charge in [0.25, 0.3) is 0 Å². The van der Waals surface area contributed by atoms with Gasteiger partial charge in [-0.25, -0.2) is 0 Å². The molecule has 6 rings (SSSR count). The lowest BCUT2D eigenvalue weighted by molar-refractivity contribution is -0.360. The van der Waals surface area contributed by atoms with Crippen molar-refractivity contribution < 1.29 is 29.2 Å². The third-order valence-electron chi connectivity index (χ3n) is 18.7. The summed E-state index contributed by atoms with van der Waals surface area (Å²) in [5, 5.41) is 24.6. The Balaban J connectivity index is 1.23. The van der Waals surface area contributed by atoms with E-state index >= 15 is 0 Å². The summed E-state index contributed by atoms with van der Waals surface area (Å²) in [6.45, 7) is 34.9. The molecule has 0 aromatic heterocycles. The van der Waals surface area contributed by atoms with E-state index in [4.69, 9.17) is 18.9 Å². The van der Waals surface area contributed by atoms with Crippen LogP contribution >= 0.6 is 0 Å². The number of hydrogen-bond donors (Lipinski definition) is 2. The van der Waals surface area contributed by atoms with Crippen LogP contribution in [0.4, 0.5) is 0 Å². The highest BCUT2D eigenvalue weighted by molar-refractivity contribution is 5.20. The molecule has 0 aromatic rings. The molecule has 0 bridgehead atoms. The van der Waals surface area contributed by atoms with Gasteiger partial charge in [0.05, 0.1) is 30.5 Å². The Morgan fingerprint density at radius 3 is 1.98 bits per heavy atom. The summed E-state index contributed by atoms with van der Waals surface area (Å²) >= 11 is 0. The molecule has 4 saturated carbocycles. The van der Waals surface area contributed by atoms with Crippen LogP contribution in [-0.4, -0.2) is 59.4 Å². The second kappa shape index (κ2) is 15.0. The van der Waals surface area contributed by atoms with Gasteiger partial charge in [-0.15, -0.1) is 0 Å². The van der Waals surface area contributed by atoms with Crippen molar-refractivity contribution >= 4 is 0 Å². The molecule has 0 radical (unpaired) electrons. The molecule has 6 heteroatoms. The summed E-state index contributed by atoms with van der Waals surface area (Å²) in [6, 6.07) is 0. The van der Waals surface area contributed by atoms with E-state index in [0.717, 1.165) is 19.3 Å². The van der Waals surface area contributed by atoms with Gasteiger partial charge in [-0.2, -0.15) is 0 Å². The molecule has 11 unspecified atom stereocenters. The molecule has 0 spiro atoms. The van der Waals surface area contributed by atoms with Crippen molar-refractivity contribution in [3.63, 3.8) is 0 Å². The third kappa shape index (κ3) is 6.87. The molecule has 4 aliphatic carbocycles. The Labute approximate surface area is 325 Å². The van der Waals surface area contributed by atoms with E-state index in [9.17, 15) is 10.2 Å². The van der Waals surface area contributed by atoms with Gasteiger partial charge in [-0.3, -0.25) is 0 Å². The summed E-state index contributed by atoms with van der Waals surface area (Å²) in [5.74, 6) is 3.95. The summed E-state index contributed by atoms with van der Waals surface area (Å²) in [5.41, 5.74) is 1.21. The van der Waals surface area contributed by atoms with Gasteiger partial charge in [-0.1, -0.05) is 87.8 Å². The summed E-state index contributed by atoms with van der Waals surface area (Å²) in [7, 11) is 0. The average molecular weight is 743 g/mol. The number of allylic oxidation sites excluding steroid dienone is 2. The van der Waals surface area contributed by atoms with E-state index in [2.05, 4.69) is 110 Å². The molecule has 0 aromatic carbocycles. The summed E-state index contributed by atoms with van der Waals surface area (Å²) in [6.07, 6.45) is 8.61. The Kier molecular flexibility index (Phi) is 11.9. The Morgan fingerprint density at radius 2 is 1.34 bits per heavy atom. The minimum absolute atomic E-state index is 0.0181. The smallest absolute Gasteiger partial charge is 0.184 e. The predicted octanol–water partition coefficient (Wildman–Crippen LogP) is 10.4. The molecule has 6 aliphatic rings. The maximum absolute atomic E-state index is 12.4. The summed E-state index contributed by atoms with van der Waals surface area (Å²) in [4.78, 5) is 0. The van der Waals surface area contributed by atoms with Gasteiger partial charge in [-0.05, 0) is 154 Å². The number of fused-ring (bicyclic) bond motifs is 5. The van der Waals surface area contributed by atoms with Crippen LogP contribution in [0.3, 0.4) is 0 Å². The van der Waals surface area contributed by atoms with E-state index in [1.54, 1.807) is 0 Å². The van der Waals surface area contributed by atoms with Crippen LogP contribution in [0.1, 0.15) is 155 Å². The number of rotatable bonds is 8. The van der Waals surface area contributed by atoms with E-state index in [1.807, 2.05) is 0 Å². The van der Waals surface area contributed by atoms with E-state index in [1.165, 1.54) is 31.3 Å². The number of hydrogen-bond acceptors (Lipinski definition) is 6. The van der Waals surface area contributed by atoms with Crippen LogP contribution in [0, 0.1) is 80.8 Å². The molecular weight excluding hydrogens is 661 g/mol. The van der Waals surface area contributed by atoms with Gasteiger partial charge < -0.3 is 29.2 Å². The van der Waals surface area contributed by atoms with E-state index < -0.39 is 12.4 Å². The summed E-state index contributed by atoms with van der Waals surface area (Å²) < 4.78 is 27.4. The maximum atomic E-state index is 12.4. The van der Waals surface area contributed by atoms with Gasteiger partial charge in [0, 0.05) is 5.92 Å². The molecule has 21 atom stereocenters. The van der Waals surface area contributed by atoms with Gasteiger partial charge in [0.15, 0.2) is 12.6 Å². The fraction of sp³-hybridized carbons (Fsp3) is 0.957. The standard InChI is InChI=1S/C47H82O6/c1-25(2)17-16-18-26(3)34-19-21-47(15)39(34)35(48)23-38-45(13)24-36(49)41(44(11,12)37(45)20-22-46(38,47)14)53-43-40(30(7)29(6)33(10)51-43)52-42-31(8)27(4)28(5)32(9)50-42/h17,26-43,48-49H,16,18-24H2,1-15H3/t26?,27-,28+,29+,30-,31?,32?,33?,34?,35+,36?,37?,38?,39?,40?,41?,42-,43-,45-,46+,47+/m0/s1. The van der Waals surface area contributed by atoms with E-state index in [-0.39, 0.29) is 70.3 Å². The first-order valence-electron chi connectivity index (χ1n) is 22.2. The minimum atomic E-state index is -0.636. The maximum Gasteiger partial charge on any atom is 0.184 e. The lowest BCUT2D eigenvalue weighted by Crippen LogP contribution is -2.69. The van der Waals surface area contributed by atoms with Crippen molar-refractivity contribution in [2.75, 3.05) is 0 Å². The molecular formula is C47H82O6. The second-order valence-corrected chi connectivity index (χ2v) is 21.8. The van der Waals surface area contributed by atoms with Crippen LogP contribution in [-0.2, 0) is 18.9 Å². The Bertz CT molecular complexity index is 1310. The highest BCUT2D eigenvalue weighted by atomic mass is 16.7. The lowest BCUT2D eigenvalue weighted by atomic mass is 9.35. The number of aliphatic hydroxyl groups is 2. The molecule has 6 fully saturated rings. The molecule has 306 valence electrons. The first-order valence-corrected chi connectivity index (χ1v) is 22.2. The zero-order valence-corrected chi connectivity index (χ0v) is 36.7. The predicted molar refractivity (Wildman–Crippen MR) is 214 cm³/mol. The van der Waals surface area contributed by atoms with Crippen LogP contribution in [0.15, 0.2) is 11.6 Å². The van der Waals surface area contributed by atoms with E-state index in [0.29, 0.717) is 53.8 Å². The van der Waals surface area contributed by atoms with Crippen LogP contribution in [0.2, 0.25) is 0 Å². The van der Waals surface area contributed by atoms with Crippen molar-refractivity contribution in [3.05, 3.63) is 11.6 Å². The first kappa shape index (κ1) is 42.1. The lowest BCUT2D eigenvalue weighted by Gasteiger charge is -2.71. The first-order chi connectivity index (χ1) is 24.6. The fourth-order valence-corrected chi connectivity index (χ4v) is 14.4. The zero-order chi connectivity index (χ0) is 39.2. The molecule has 2 aliphatic heterocycles. The highest BCUT2D eigenvalue weighted by Crippen LogP contribution is 2.75. The van der Waals surface area contributed by atoms with Gasteiger partial charge >= 0.3 is 0 Å². The third-order valence-corrected chi connectivity index (χ3v) is 18.7. The Hall–Kier alpha value is -0.500. The molecule has 0 amide bonds. The molecule has 6 nitrogen and oxygen atoms in total. The molecule has 2 heterocycles. The molecule has 2 saturated heterocycles. The average Bonchev–Trinajstić information content (AvgIpc) is 3.45. The van der Waals surface area contributed by atoms with Gasteiger partial charge in [0.1, 0.15) is 6.10 Å². The second-order valence-electron chi connectivity index (χ2n) is 21.8. The van der Waals surface area contributed by atoms with Crippen LogP contribution in [0.5, 0.6) is 0 Å². The SMILES string of the molecule is CC(C)=CCCC(C)C1CC[C@]2(C)C1[C@H](O)CC1[C@@]3(C)CC(O)C(O[C@@H]4OC(C)[C@H](C)[C@H](C)C4O[C@@H]4OC(C)[C@H](C)[C@H](C)C4C)C(C)(C)C3CC[C@]12C. The van der Waals surface area contributed by atoms with Crippen molar-refractivity contribution in [1.82, 2.24) is 0 Å². The largest absolute Gasteiger partial charge is 0.393 e. The number of aliphatic hydroxyl groups excluding tert-OH is 2. The fourth-order valence-electron chi connectivity index (χ4n) is 14.4. The zero-order valence-electron chi connectivity index (χ0n) is 36.7. The highest BCUT2D eigenvalue weighted by Gasteiger charge is 2.71. The van der Waals surface area contributed by atoms with Crippen LogP contribution < -0.4 is 0 Å². The normalized spacial score (nSPS) is 54.3. The minimum Gasteiger partial charge on any atom is -0.393 e. The molecule has 2 N–H and O–H groups in total.